The van der Waals surface area contributed by atoms with Gasteiger partial charge in [0.25, 0.3) is 0 Å². The molecule has 0 N–H and O–H groups in total. The Morgan fingerprint density at radius 3 is 2.50 bits per heavy atom. The zero-order valence-corrected chi connectivity index (χ0v) is 9.98. The number of rotatable bonds is 1. The summed E-state index contributed by atoms with van der Waals surface area (Å²) in [5.41, 5.74) is 3.93. The van der Waals surface area contributed by atoms with E-state index in [0.717, 1.165) is 22.3 Å². The molecule has 0 aliphatic heterocycles. The highest BCUT2D eigenvalue weighted by Crippen LogP contribution is 2.30. The van der Waals surface area contributed by atoms with Crippen molar-refractivity contribution < 1.29 is 4.39 Å². The predicted octanol–water partition coefficient (Wildman–Crippen LogP) is 4.76. The highest BCUT2D eigenvalue weighted by molar-refractivity contribution is 6.31. The van der Waals surface area contributed by atoms with Crippen molar-refractivity contribution in [2.24, 2.45) is 0 Å². The van der Waals surface area contributed by atoms with Crippen molar-refractivity contribution in [3.05, 3.63) is 58.4 Å². The molecule has 0 heterocycles. The van der Waals surface area contributed by atoms with Gasteiger partial charge in [-0.25, -0.2) is 4.39 Å². The molecule has 0 aromatic heterocycles. The molecule has 0 aliphatic carbocycles. The Kier molecular flexibility index (Phi) is 2.97. The van der Waals surface area contributed by atoms with Gasteiger partial charge in [0.2, 0.25) is 0 Å². The predicted molar refractivity (Wildman–Crippen MR) is 66.3 cm³/mol. The maximum absolute atomic E-state index is 13.2. The normalized spacial score (nSPS) is 10.5. The van der Waals surface area contributed by atoms with E-state index in [0.29, 0.717) is 5.02 Å². The first-order chi connectivity index (χ1) is 7.59. The topological polar surface area (TPSA) is 0 Å². The van der Waals surface area contributed by atoms with Crippen LogP contribution in [0.3, 0.4) is 0 Å². The van der Waals surface area contributed by atoms with Crippen LogP contribution in [0.5, 0.6) is 0 Å². The lowest BCUT2D eigenvalue weighted by atomic mass is 9.96. The summed E-state index contributed by atoms with van der Waals surface area (Å²) in [6.45, 7) is 3.91. The van der Waals surface area contributed by atoms with Crippen molar-refractivity contribution in [2.75, 3.05) is 0 Å². The quantitative estimate of drug-likeness (QED) is 0.667. The third-order valence-corrected chi connectivity index (χ3v) is 3.17. The van der Waals surface area contributed by atoms with Gasteiger partial charge in [0.1, 0.15) is 5.82 Å². The van der Waals surface area contributed by atoms with Crippen molar-refractivity contribution in [3.63, 3.8) is 0 Å². The van der Waals surface area contributed by atoms with Gasteiger partial charge >= 0.3 is 0 Å². The first-order valence-electron chi connectivity index (χ1n) is 5.11. The standard InChI is InChI=1S/C14H12ClF/c1-9-6-7-11(16)8-13(9)12-4-3-5-14(15)10(12)2/h3-8H,1-2H3. The Hall–Kier alpha value is -1.34. The molecule has 2 heteroatoms. The third-order valence-electron chi connectivity index (χ3n) is 2.76. The monoisotopic (exact) mass is 234 g/mol. The van der Waals surface area contributed by atoms with Gasteiger partial charge < -0.3 is 0 Å². The molecule has 82 valence electrons. The Morgan fingerprint density at radius 1 is 1.00 bits per heavy atom. The SMILES string of the molecule is Cc1ccc(F)cc1-c1cccc(Cl)c1C. The van der Waals surface area contributed by atoms with Crippen LogP contribution in [0, 0.1) is 19.7 Å². The van der Waals surface area contributed by atoms with Crippen LogP contribution >= 0.6 is 11.6 Å². The van der Waals surface area contributed by atoms with Crippen molar-refractivity contribution in [2.45, 2.75) is 13.8 Å². The van der Waals surface area contributed by atoms with Crippen LogP contribution in [0.1, 0.15) is 11.1 Å². The molecule has 0 nitrogen and oxygen atoms in total. The summed E-state index contributed by atoms with van der Waals surface area (Å²) < 4.78 is 13.2. The van der Waals surface area contributed by atoms with Crippen molar-refractivity contribution >= 4 is 11.6 Å². The lowest BCUT2D eigenvalue weighted by Gasteiger charge is -2.10. The van der Waals surface area contributed by atoms with Crippen LogP contribution in [0.4, 0.5) is 4.39 Å². The molecule has 0 radical (unpaired) electrons. The molecule has 0 saturated heterocycles. The fraction of sp³-hybridized carbons (Fsp3) is 0.143. The Morgan fingerprint density at radius 2 is 1.75 bits per heavy atom. The Labute approximate surface area is 99.7 Å². The molecule has 0 atom stereocenters. The number of halogens is 2. The molecule has 2 aromatic carbocycles. The lowest BCUT2D eigenvalue weighted by molar-refractivity contribution is 0.628. The average molecular weight is 235 g/mol. The summed E-state index contributed by atoms with van der Waals surface area (Å²) in [4.78, 5) is 0. The maximum Gasteiger partial charge on any atom is 0.123 e. The molecule has 2 rings (SSSR count). The highest BCUT2D eigenvalue weighted by atomic mass is 35.5. The van der Waals surface area contributed by atoms with Crippen LogP contribution in [0.25, 0.3) is 11.1 Å². The smallest absolute Gasteiger partial charge is 0.123 e. The third kappa shape index (κ3) is 1.96. The van der Waals surface area contributed by atoms with Gasteiger partial charge in [-0.3, -0.25) is 0 Å². The minimum absolute atomic E-state index is 0.222. The van der Waals surface area contributed by atoms with Crippen LogP contribution in [0.2, 0.25) is 5.02 Å². The molecule has 2 aromatic rings. The van der Waals surface area contributed by atoms with E-state index in [4.69, 9.17) is 11.6 Å². The second-order valence-corrected chi connectivity index (χ2v) is 4.28. The molecule has 0 amide bonds. The zero-order valence-electron chi connectivity index (χ0n) is 9.22. The van der Waals surface area contributed by atoms with Crippen LogP contribution in [-0.2, 0) is 0 Å². The molecule has 0 bridgehead atoms. The fourth-order valence-corrected chi connectivity index (χ4v) is 1.96. The average Bonchev–Trinajstić information content (AvgIpc) is 2.26. The van der Waals surface area contributed by atoms with E-state index in [2.05, 4.69) is 0 Å². The molecule has 0 unspecified atom stereocenters. The van der Waals surface area contributed by atoms with E-state index in [1.54, 1.807) is 12.1 Å². The largest absolute Gasteiger partial charge is 0.207 e. The molecule has 0 saturated carbocycles. The molecular weight excluding hydrogens is 223 g/mol. The van der Waals surface area contributed by atoms with E-state index in [1.807, 2.05) is 32.0 Å². The van der Waals surface area contributed by atoms with Crippen LogP contribution in [0.15, 0.2) is 36.4 Å². The number of hydrogen-bond donors (Lipinski definition) is 0. The second-order valence-electron chi connectivity index (χ2n) is 3.87. The Balaban J connectivity index is 2.67. The van der Waals surface area contributed by atoms with E-state index in [1.165, 1.54) is 6.07 Å². The first-order valence-corrected chi connectivity index (χ1v) is 5.49. The van der Waals surface area contributed by atoms with E-state index in [-0.39, 0.29) is 5.82 Å². The van der Waals surface area contributed by atoms with E-state index >= 15 is 0 Å². The minimum Gasteiger partial charge on any atom is -0.207 e. The summed E-state index contributed by atoms with van der Waals surface area (Å²) in [6.07, 6.45) is 0. The molecule has 16 heavy (non-hydrogen) atoms. The summed E-state index contributed by atoms with van der Waals surface area (Å²) in [5.74, 6) is -0.222. The first kappa shape index (κ1) is 11.2. The lowest BCUT2D eigenvalue weighted by Crippen LogP contribution is -1.89. The fourth-order valence-electron chi connectivity index (χ4n) is 1.78. The molecule has 0 fully saturated rings. The second kappa shape index (κ2) is 4.26. The van der Waals surface area contributed by atoms with Crippen molar-refractivity contribution in [1.29, 1.82) is 0 Å². The van der Waals surface area contributed by atoms with E-state index in [9.17, 15) is 4.39 Å². The summed E-state index contributed by atoms with van der Waals surface area (Å²) in [5, 5.41) is 0.709. The molecule has 0 aliphatic rings. The Bertz CT molecular complexity index is 532. The highest BCUT2D eigenvalue weighted by Gasteiger charge is 2.08. The van der Waals surface area contributed by atoms with Crippen LogP contribution < -0.4 is 0 Å². The summed E-state index contributed by atoms with van der Waals surface area (Å²) in [6, 6.07) is 10.5. The minimum atomic E-state index is -0.222. The number of benzene rings is 2. The number of aryl methyl sites for hydroxylation is 1. The van der Waals surface area contributed by atoms with Crippen molar-refractivity contribution in [3.8, 4) is 11.1 Å². The number of hydrogen-bond acceptors (Lipinski definition) is 0. The maximum atomic E-state index is 13.2. The molecular formula is C14H12ClF. The molecule has 0 spiro atoms. The summed E-state index contributed by atoms with van der Waals surface area (Å²) in [7, 11) is 0. The zero-order chi connectivity index (χ0) is 11.7. The van der Waals surface area contributed by atoms with Gasteiger partial charge in [0, 0.05) is 5.02 Å². The van der Waals surface area contributed by atoms with Gasteiger partial charge in [0.15, 0.2) is 0 Å². The van der Waals surface area contributed by atoms with Gasteiger partial charge in [-0.1, -0.05) is 29.8 Å². The van der Waals surface area contributed by atoms with E-state index < -0.39 is 0 Å². The van der Waals surface area contributed by atoms with Crippen LogP contribution in [-0.4, -0.2) is 0 Å². The van der Waals surface area contributed by atoms with Crippen molar-refractivity contribution in [1.82, 2.24) is 0 Å². The van der Waals surface area contributed by atoms with Gasteiger partial charge in [-0.2, -0.15) is 0 Å². The van der Waals surface area contributed by atoms with Gasteiger partial charge in [0.05, 0.1) is 0 Å². The van der Waals surface area contributed by atoms with Gasteiger partial charge in [-0.05, 0) is 54.3 Å². The van der Waals surface area contributed by atoms with Gasteiger partial charge in [-0.15, -0.1) is 0 Å². The summed E-state index contributed by atoms with van der Waals surface area (Å²) >= 11 is 6.06.